The molecule has 3 N–H and O–H groups in total. The summed E-state index contributed by atoms with van der Waals surface area (Å²) >= 11 is 0. The topological polar surface area (TPSA) is 95.9 Å². The Hall–Kier alpha value is -1.92. The molecule has 0 fully saturated rings. The highest BCUT2D eigenvalue weighted by Gasteiger charge is 2.20. The minimum atomic E-state index is -0.664. The van der Waals surface area contributed by atoms with Crippen LogP contribution in [0.3, 0.4) is 0 Å². The van der Waals surface area contributed by atoms with Crippen molar-refractivity contribution in [3.63, 3.8) is 0 Å². The SMILES string of the molecule is CCCCCCC/C=C\CCCCCCCC(=O)OCCCCCCCCCCCCCCCCC/C=C\C/C=C\CCCCCCCCCCCCCCCCCCCC(=O)NC(CO)C(O)CCCCCCCCCCCCCCCCCCCCCCCCC. The molecule has 550 valence electrons. The minimum Gasteiger partial charge on any atom is -0.466 e. The van der Waals surface area contributed by atoms with Gasteiger partial charge < -0.3 is 20.3 Å². The Morgan fingerprint density at radius 1 is 0.301 bits per heavy atom. The van der Waals surface area contributed by atoms with Crippen LogP contribution >= 0.6 is 0 Å². The van der Waals surface area contributed by atoms with Crippen LogP contribution in [0.5, 0.6) is 0 Å². The van der Waals surface area contributed by atoms with Crippen molar-refractivity contribution in [2.24, 2.45) is 0 Å². The summed E-state index contributed by atoms with van der Waals surface area (Å²) in [6.07, 6.45) is 108. The van der Waals surface area contributed by atoms with Crippen LogP contribution in [0.1, 0.15) is 483 Å². The normalized spacial score (nSPS) is 12.6. The second kappa shape index (κ2) is 82.5. The van der Waals surface area contributed by atoms with Gasteiger partial charge in [0.25, 0.3) is 0 Å². The van der Waals surface area contributed by atoms with Crippen LogP contribution in [0.4, 0.5) is 0 Å². The molecule has 0 rings (SSSR count). The van der Waals surface area contributed by atoms with Gasteiger partial charge in [-0.05, 0) is 83.5 Å². The van der Waals surface area contributed by atoms with Gasteiger partial charge in [-0.2, -0.15) is 0 Å². The van der Waals surface area contributed by atoms with Crippen molar-refractivity contribution in [3.05, 3.63) is 36.5 Å². The predicted octanol–water partition coefficient (Wildman–Crippen LogP) is 28.6. The fourth-order valence-corrected chi connectivity index (χ4v) is 13.7. The van der Waals surface area contributed by atoms with Crippen LogP contribution in [0.25, 0.3) is 0 Å². The number of allylic oxidation sites excluding steroid dienone is 6. The Morgan fingerprint density at radius 3 is 0.828 bits per heavy atom. The van der Waals surface area contributed by atoms with E-state index in [2.05, 4.69) is 55.6 Å². The number of aliphatic hydroxyl groups excluding tert-OH is 2. The molecule has 93 heavy (non-hydrogen) atoms. The van der Waals surface area contributed by atoms with E-state index in [1.165, 1.54) is 398 Å². The number of esters is 1. The van der Waals surface area contributed by atoms with Gasteiger partial charge in [0.15, 0.2) is 0 Å². The summed E-state index contributed by atoms with van der Waals surface area (Å²) in [5, 5.41) is 23.5. The van der Waals surface area contributed by atoms with E-state index in [1.807, 2.05) is 0 Å². The molecule has 0 aromatic heterocycles. The first-order valence-electron chi connectivity index (χ1n) is 42.7. The lowest BCUT2D eigenvalue weighted by Gasteiger charge is -2.22. The number of ether oxygens (including phenoxy) is 1. The monoisotopic (exact) mass is 1310 g/mol. The molecule has 0 aliphatic heterocycles. The third-order valence-corrected chi connectivity index (χ3v) is 20.2. The Balaban J connectivity index is 3.36. The molecule has 0 radical (unpaired) electrons. The van der Waals surface area contributed by atoms with E-state index in [1.54, 1.807) is 0 Å². The van der Waals surface area contributed by atoms with Gasteiger partial charge in [0, 0.05) is 12.8 Å². The van der Waals surface area contributed by atoms with E-state index in [0.717, 1.165) is 51.4 Å². The Morgan fingerprint density at radius 2 is 0.538 bits per heavy atom. The van der Waals surface area contributed by atoms with Crippen LogP contribution in [-0.2, 0) is 14.3 Å². The van der Waals surface area contributed by atoms with Crippen LogP contribution in [0.15, 0.2) is 36.5 Å². The largest absolute Gasteiger partial charge is 0.466 e. The molecule has 2 unspecified atom stereocenters. The van der Waals surface area contributed by atoms with Gasteiger partial charge in [0.1, 0.15) is 0 Å². The molecule has 0 heterocycles. The Kier molecular flexibility index (Phi) is 80.8. The van der Waals surface area contributed by atoms with Gasteiger partial charge in [-0.3, -0.25) is 9.59 Å². The Labute approximate surface area is 583 Å². The van der Waals surface area contributed by atoms with Crippen LogP contribution < -0.4 is 5.32 Å². The summed E-state index contributed by atoms with van der Waals surface area (Å²) in [6.45, 7) is 4.99. The van der Waals surface area contributed by atoms with E-state index in [9.17, 15) is 19.8 Å². The molecule has 0 aromatic rings. The Bertz CT molecular complexity index is 1510. The number of hydrogen-bond donors (Lipinski definition) is 3. The molecule has 0 aliphatic carbocycles. The molecular formula is C87H167NO5. The predicted molar refractivity (Wildman–Crippen MR) is 412 cm³/mol. The average Bonchev–Trinajstić information content (AvgIpc) is 3.78. The van der Waals surface area contributed by atoms with E-state index in [0.29, 0.717) is 25.9 Å². The van der Waals surface area contributed by atoms with Crippen molar-refractivity contribution in [1.29, 1.82) is 0 Å². The van der Waals surface area contributed by atoms with E-state index in [-0.39, 0.29) is 18.5 Å². The third kappa shape index (κ3) is 79.0. The van der Waals surface area contributed by atoms with Crippen molar-refractivity contribution >= 4 is 11.9 Å². The number of amides is 1. The van der Waals surface area contributed by atoms with Gasteiger partial charge in [0.2, 0.25) is 5.91 Å². The summed E-state index contributed by atoms with van der Waals surface area (Å²) < 4.78 is 5.49. The third-order valence-electron chi connectivity index (χ3n) is 20.2. The van der Waals surface area contributed by atoms with E-state index >= 15 is 0 Å². The first-order valence-corrected chi connectivity index (χ1v) is 42.7. The van der Waals surface area contributed by atoms with Crippen molar-refractivity contribution in [1.82, 2.24) is 5.32 Å². The molecule has 6 heteroatoms. The lowest BCUT2D eigenvalue weighted by Crippen LogP contribution is -2.45. The zero-order valence-electron chi connectivity index (χ0n) is 63.3. The molecule has 0 aromatic carbocycles. The lowest BCUT2D eigenvalue weighted by molar-refractivity contribution is -0.143. The molecule has 0 aliphatic rings. The van der Waals surface area contributed by atoms with Crippen LogP contribution in [-0.4, -0.2) is 47.4 Å². The molecule has 0 saturated heterocycles. The minimum absolute atomic E-state index is 0.0125. The second-order valence-electron chi connectivity index (χ2n) is 29.5. The lowest BCUT2D eigenvalue weighted by atomic mass is 10.0. The van der Waals surface area contributed by atoms with Gasteiger partial charge in [0.05, 0.1) is 25.4 Å². The number of nitrogens with one attached hydrogen (secondary N) is 1. The number of hydrogen-bond acceptors (Lipinski definition) is 5. The fraction of sp³-hybridized carbons (Fsp3) is 0.908. The highest BCUT2D eigenvalue weighted by atomic mass is 16.5. The molecule has 0 spiro atoms. The van der Waals surface area contributed by atoms with E-state index in [4.69, 9.17) is 4.74 Å². The first-order chi connectivity index (χ1) is 46.0. The zero-order chi connectivity index (χ0) is 67.0. The fourth-order valence-electron chi connectivity index (χ4n) is 13.7. The summed E-state index contributed by atoms with van der Waals surface area (Å²) in [4.78, 5) is 24.7. The molecule has 1 amide bonds. The maximum atomic E-state index is 12.6. The summed E-state index contributed by atoms with van der Waals surface area (Å²) in [5.41, 5.74) is 0. The maximum Gasteiger partial charge on any atom is 0.305 e. The quantitative estimate of drug-likeness (QED) is 0.0320. The standard InChI is InChI=1S/C87H167NO5/c1-3-5-7-9-11-13-15-17-19-20-21-22-40-43-46-49-52-55-59-63-67-71-75-79-85(90)84(83-89)88-86(91)80-76-72-68-64-60-56-53-50-47-44-41-38-36-34-32-30-28-26-24-23-25-27-29-31-33-35-37-39-42-45-48-51-54-58-62-66-70-74-78-82-93-87(92)81-77-73-69-65-61-57-18-16-14-12-10-8-6-4-2/h16,18,23-24,27,29,84-85,89-90H,3-15,17,19-22,25-26,28,30-83H2,1-2H3,(H,88,91)/b18-16-,24-23-,29-27-. The second-order valence-corrected chi connectivity index (χ2v) is 29.5. The van der Waals surface area contributed by atoms with Crippen molar-refractivity contribution in [2.45, 2.75) is 495 Å². The summed E-state index contributed by atoms with van der Waals surface area (Å²) in [6, 6.07) is -0.541. The number of carbonyl (C=O) groups is 2. The molecule has 0 saturated carbocycles. The van der Waals surface area contributed by atoms with Gasteiger partial charge >= 0.3 is 5.97 Å². The highest BCUT2D eigenvalue weighted by molar-refractivity contribution is 5.76. The summed E-state index contributed by atoms with van der Waals surface area (Å²) in [5.74, 6) is -0.0136. The zero-order valence-corrected chi connectivity index (χ0v) is 63.3. The van der Waals surface area contributed by atoms with Gasteiger partial charge in [-0.25, -0.2) is 0 Å². The number of carbonyl (C=O) groups excluding carboxylic acids is 2. The van der Waals surface area contributed by atoms with Gasteiger partial charge in [-0.1, -0.05) is 423 Å². The summed E-state index contributed by atoms with van der Waals surface area (Å²) in [7, 11) is 0. The van der Waals surface area contributed by atoms with Crippen LogP contribution in [0, 0.1) is 0 Å². The highest BCUT2D eigenvalue weighted by Crippen LogP contribution is 2.20. The smallest absolute Gasteiger partial charge is 0.305 e. The van der Waals surface area contributed by atoms with Crippen LogP contribution in [0.2, 0.25) is 0 Å². The maximum absolute atomic E-state index is 12.6. The number of rotatable bonds is 81. The molecule has 0 bridgehead atoms. The van der Waals surface area contributed by atoms with Crippen molar-refractivity contribution in [2.75, 3.05) is 13.2 Å². The molecule has 6 nitrogen and oxygen atoms in total. The first kappa shape index (κ1) is 91.1. The van der Waals surface area contributed by atoms with E-state index < -0.39 is 12.1 Å². The van der Waals surface area contributed by atoms with Crippen molar-refractivity contribution < 1.29 is 24.5 Å². The molecular weight excluding hydrogens is 1140 g/mol. The number of aliphatic hydroxyl groups is 2. The molecule has 2 atom stereocenters. The number of unbranched alkanes of at least 4 members (excludes halogenated alkanes) is 64. The average molecular weight is 1310 g/mol. The van der Waals surface area contributed by atoms with Gasteiger partial charge in [-0.15, -0.1) is 0 Å². The van der Waals surface area contributed by atoms with Crippen molar-refractivity contribution in [3.8, 4) is 0 Å².